The van der Waals surface area contributed by atoms with Gasteiger partial charge in [-0.15, -0.1) is 0 Å². The second kappa shape index (κ2) is 3.47. The lowest BCUT2D eigenvalue weighted by molar-refractivity contribution is 0.565. The van der Waals surface area contributed by atoms with E-state index in [9.17, 15) is 4.79 Å². The van der Waals surface area contributed by atoms with Crippen molar-refractivity contribution in [1.29, 1.82) is 5.26 Å². The highest BCUT2D eigenvalue weighted by molar-refractivity contribution is 5.59. The molecule has 12 heavy (non-hydrogen) atoms. The zero-order valence-corrected chi connectivity index (χ0v) is 6.53. The molecular weight excluding hydrogens is 152 g/mol. The van der Waals surface area contributed by atoms with Crippen LogP contribution in [0, 0.1) is 18.3 Å². The molecule has 0 heterocycles. The normalized spacial score (nSPS) is 8.33. The van der Waals surface area contributed by atoms with Crippen molar-refractivity contribution in [2.75, 3.05) is 0 Å². The fourth-order valence-electron chi connectivity index (χ4n) is 0.878. The topological polar surface area (TPSA) is 53.2 Å². The first-order chi connectivity index (χ1) is 5.77. The molecule has 0 saturated carbocycles. The summed E-state index contributed by atoms with van der Waals surface area (Å²) in [5.74, 6) is 0. The third-order valence-electron chi connectivity index (χ3n) is 1.44. The number of rotatable bonds is 1. The third kappa shape index (κ3) is 1.57. The average molecular weight is 158 g/mol. The zero-order valence-electron chi connectivity index (χ0n) is 6.53. The molecule has 0 spiro atoms. The van der Waals surface area contributed by atoms with Crippen molar-refractivity contribution in [1.82, 2.24) is 0 Å². The van der Waals surface area contributed by atoms with Gasteiger partial charge < -0.3 is 0 Å². The van der Waals surface area contributed by atoms with Gasteiger partial charge in [-0.3, -0.25) is 0 Å². The van der Waals surface area contributed by atoms with Gasteiger partial charge >= 0.3 is 0 Å². The van der Waals surface area contributed by atoms with Crippen molar-refractivity contribution in [3.05, 3.63) is 29.3 Å². The Kier molecular flexibility index (Phi) is 2.37. The van der Waals surface area contributed by atoms with E-state index in [1.165, 1.54) is 6.08 Å². The standard InChI is InChI=1S/C9H6N2O/c1-7-2-3-8(5-10)9(4-7)11-6-12/h2-4H,1H3. The van der Waals surface area contributed by atoms with E-state index in [1.54, 1.807) is 18.2 Å². The Hall–Kier alpha value is -1.91. The van der Waals surface area contributed by atoms with Crippen LogP contribution in [-0.4, -0.2) is 6.08 Å². The number of carbonyl (C=O) groups excluding carboxylic acids is 1. The second-order valence-electron chi connectivity index (χ2n) is 2.34. The summed E-state index contributed by atoms with van der Waals surface area (Å²) < 4.78 is 0. The highest BCUT2D eigenvalue weighted by atomic mass is 16.1. The van der Waals surface area contributed by atoms with Crippen LogP contribution < -0.4 is 0 Å². The first kappa shape index (κ1) is 8.19. The zero-order chi connectivity index (χ0) is 8.97. The van der Waals surface area contributed by atoms with Crippen molar-refractivity contribution in [3.63, 3.8) is 0 Å². The van der Waals surface area contributed by atoms with Gasteiger partial charge in [0, 0.05) is 0 Å². The van der Waals surface area contributed by atoms with E-state index in [1.807, 2.05) is 13.0 Å². The molecule has 0 unspecified atom stereocenters. The Morgan fingerprint density at radius 2 is 2.25 bits per heavy atom. The summed E-state index contributed by atoms with van der Waals surface area (Å²) in [7, 11) is 0. The number of aliphatic imine (C=N–C) groups is 1. The smallest absolute Gasteiger partial charge is 0.211 e. The van der Waals surface area contributed by atoms with Gasteiger partial charge in [0.25, 0.3) is 0 Å². The van der Waals surface area contributed by atoms with Crippen LogP contribution in [0.15, 0.2) is 23.2 Å². The van der Waals surface area contributed by atoms with Crippen LogP contribution in [0.5, 0.6) is 0 Å². The summed E-state index contributed by atoms with van der Waals surface area (Å²) in [5.41, 5.74) is 1.74. The number of benzene rings is 1. The number of hydrogen-bond acceptors (Lipinski definition) is 3. The maximum Gasteiger partial charge on any atom is 0.240 e. The molecule has 0 atom stereocenters. The molecule has 0 amide bonds. The van der Waals surface area contributed by atoms with Gasteiger partial charge in [0.05, 0.1) is 11.3 Å². The Bertz CT molecular complexity index is 384. The molecule has 1 rings (SSSR count). The molecule has 0 bridgehead atoms. The Balaban J connectivity index is 3.33. The Morgan fingerprint density at radius 1 is 1.50 bits per heavy atom. The van der Waals surface area contributed by atoms with E-state index in [0.29, 0.717) is 11.3 Å². The fourth-order valence-corrected chi connectivity index (χ4v) is 0.878. The van der Waals surface area contributed by atoms with Crippen molar-refractivity contribution in [2.24, 2.45) is 4.99 Å². The maximum absolute atomic E-state index is 9.95. The van der Waals surface area contributed by atoms with Gasteiger partial charge in [0.1, 0.15) is 6.07 Å². The molecule has 0 aliphatic heterocycles. The van der Waals surface area contributed by atoms with Crippen molar-refractivity contribution >= 4 is 11.8 Å². The fraction of sp³-hybridized carbons (Fsp3) is 0.111. The van der Waals surface area contributed by atoms with E-state index in [0.717, 1.165) is 5.56 Å². The molecule has 0 aliphatic rings. The average Bonchev–Trinajstić information content (AvgIpc) is 2.05. The third-order valence-corrected chi connectivity index (χ3v) is 1.44. The summed E-state index contributed by atoms with van der Waals surface area (Å²) in [6.07, 6.45) is 1.41. The lowest BCUT2D eigenvalue weighted by Crippen LogP contribution is -1.77. The molecule has 1 aromatic carbocycles. The summed E-state index contributed by atoms with van der Waals surface area (Å²) in [5, 5.41) is 8.60. The highest BCUT2D eigenvalue weighted by Gasteiger charge is 1.99. The van der Waals surface area contributed by atoms with E-state index in [2.05, 4.69) is 4.99 Å². The molecule has 0 aromatic heterocycles. The molecule has 58 valence electrons. The van der Waals surface area contributed by atoms with Gasteiger partial charge in [0.15, 0.2) is 0 Å². The monoisotopic (exact) mass is 158 g/mol. The van der Waals surface area contributed by atoms with Crippen molar-refractivity contribution < 1.29 is 4.79 Å². The van der Waals surface area contributed by atoms with E-state index < -0.39 is 0 Å². The number of nitriles is 1. The quantitative estimate of drug-likeness (QED) is 0.462. The highest BCUT2D eigenvalue weighted by Crippen LogP contribution is 2.18. The molecule has 0 fully saturated rings. The minimum Gasteiger partial charge on any atom is -0.211 e. The molecule has 3 nitrogen and oxygen atoms in total. The van der Waals surface area contributed by atoms with Crippen LogP contribution in [0.4, 0.5) is 5.69 Å². The second-order valence-corrected chi connectivity index (χ2v) is 2.34. The molecule has 0 saturated heterocycles. The minimum atomic E-state index is 0.382. The van der Waals surface area contributed by atoms with Crippen LogP contribution in [0.2, 0.25) is 0 Å². The predicted octanol–water partition coefficient (Wildman–Crippen LogP) is 1.83. The van der Waals surface area contributed by atoms with Gasteiger partial charge in [-0.1, -0.05) is 6.07 Å². The Morgan fingerprint density at radius 3 is 2.83 bits per heavy atom. The first-order valence-electron chi connectivity index (χ1n) is 3.36. The molecule has 3 heteroatoms. The summed E-state index contributed by atoms with van der Waals surface area (Å²) in [6.45, 7) is 1.87. The van der Waals surface area contributed by atoms with E-state index in [4.69, 9.17) is 5.26 Å². The van der Waals surface area contributed by atoms with Crippen molar-refractivity contribution in [3.8, 4) is 6.07 Å². The van der Waals surface area contributed by atoms with Gasteiger partial charge in [0.2, 0.25) is 6.08 Å². The SMILES string of the molecule is Cc1ccc(C#N)c(N=C=O)c1. The van der Waals surface area contributed by atoms with Gasteiger partial charge in [-0.2, -0.15) is 10.3 Å². The molecule has 1 aromatic rings. The van der Waals surface area contributed by atoms with Crippen LogP contribution >= 0.6 is 0 Å². The maximum atomic E-state index is 9.95. The molecular formula is C9H6N2O. The summed E-state index contributed by atoms with van der Waals surface area (Å²) in [6, 6.07) is 7.03. The largest absolute Gasteiger partial charge is 0.240 e. The lowest BCUT2D eigenvalue weighted by atomic mass is 10.1. The Labute approximate surface area is 70.0 Å². The van der Waals surface area contributed by atoms with E-state index >= 15 is 0 Å². The predicted molar refractivity (Wildman–Crippen MR) is 43.7 cm³/mol. The summed E-state index contributed by atoms with van der Waals surface area (Å²) >= 11 is 0. The number of aryl methyl sites for hydroxylation is 1. The van der Waals surface area contributed by atoms with Gasteiger partial charge in [-0.05, 0) is 24.6 Å². The number of hydrogen-bond donors (Lipinski definition) is 0. The van der Waals surface area contributed by atoms with Gasteiger partial charge in [-0.25, -0.2) is 4.79 Å². The van der Waals surface area contributed by atoms with Crippen LogP contribution in [-0.2, 0) is 4.79 Å². The van der Waals surface area contributed by atoms with E-state index in [-0.39, 0.29) is 0 Å². The molecule has 0 aliphatic carbocycles. The first-order valence-corrected chi connectivity index (χ1v) is 3.36. The molecule has 0 radical (unpaired) electrons. The number of nitrogens with zero attached hydrogens (tertiary/aromatic N) is 2. The lowest BCUT2D eigenvalue weighted by Gasteiger charge is -1.95. The number of isocyanates is 1. The van der Waals surface area contributed by atoms with Crippen LogP contribution in [0.25, 0.3) is 0 Å². The minimum absolute atomic E-state index is 0.382. The van der Waals surface area contributed by atoms with Crippen molar-refractivity contribution in [2.45, 2.75) is 6.92 Å². The molecule has 0 N–H and O–H groups in total. The van der Waals surface area contributed by atoms with Crippen LogP contribution in [0.3, 0.4) is 0 Å². The summed E-state index contributed by atoms with van der Waals surface area (Å²) in [4.78, 5) is 13.4. The van der Waals surface area contributed by atoms with Crippen LogP contribution in [0.1, 0.15) is 11.1 Å².